The fraction of sp³-hybridized carbons (Fsp3) is 0.800. The standard InChI is InChI=1S/C15H25NO2/c1-2-18-15(17)8-5-10-16-11-9-13-6-3-4-7-14(13)12-16/h5,8,13-14H,2-4,6-7,9-12H2,1H3/b8-5+. The van der Waals surface area contributed by atoms with Gasteiger partial charge in [-0.3, -0.25) is 4.90 Å². The maximum atomic E-state index is 11.2. The van der Waals surface area contributed by atoms with Crippen LogP contribution in [0.1, 0.15) is 39.0 Å². The molecule has 3 heteroatoms. The highest BCUT2D eigenvalue weighted by Gasteiger charge is 2.30. The van der Waals surface area contributed by atoms with Gasteiger partial charge >= 0.3 is 5.97 Å². The zero-order chi connectivity index (χ0) is 12.8. The van der Waals surface area contributed by atoms with Crippen LogP contribution >= 0.6 is 0 Å². The Hall–Kier alpha value is -0.830. The van der Waals surface area contributed by atoms with Crippen molar-refractivity contribution in [1.29, 1.82) is 0 Å². The van der Waals surface area contributed by atoms with Gasteiger partial charge in [-0.1, -0.05) is 25.3 Å². The topological polar surface area (TPSA) is 29.5 Å². The fourth-order valence-electron chi connectivity index (χ4n) is 3.33. The third-order valence-corrected chi connectivity index (χ3v) is 4.28. The monoisotopic (exact) mass is 251 g/mol. The number of nitrogens with zero attached hydrogens (tertiary/aromatic N) is 1. The van der Waals surface area contributed by atoms with Crippen molar-refractivity contribution in [2.45, 2.75) is 39.0 Å². The number of fused-ring (bicyclic) bond motifs is 1. The number of hydrogen-bond acceptors (Lipinski definition) is 3. The number of carbonyl (C=O) groups excluding carboxylic acids is 1. The molecule has 0 N–H and O–H groups in total. The van der Waals surface area contributed by atoms with E-state index in [9.17, 15) is 4.79 Å². The minimum atomic E-state index is -0.218. The molecule has 0 spiro atoms. The van der Waals surface area contributed by atoms with E-state index in [2.05, 4.69) is 4.90 Å². The summed E-state index contributed by atoms with van der Waals surface area (Å²) in [6.07, 6.45) is 10.5. The van der Waals surface area contributed by atoms with Gasteiger partial charge in [0, 0.05) is 19.2 Å². The normalized spacial score (nSPS) is 29.2. The van der Waals surface area contributed by atoms with E-state index in [1.807, 2.05) is 13.0 Å². The van der Waals surface area contributed by atoms with Crippen LogP contribution in [0.3, 0.4) is 0 Å². The Labute approximate surface area is 110 Å². The van der Waals surface area contributed by atoms with Crippen LogP contribution in [0.25, 0.3) is 0 Å². The van der Waals surface area contributed by atoms with E-state index >= 15 is 0 Å². The number of carbonyl (C=O) groups is 1. The number of likely N-dealkylation sites (tertiary alicyclic amines) is 1. The lowest BCUT2D eigenvalue weighted by Gasteiger charge is -2.41. The first-order valence-corrected chi connectivity index (χ1v) is 7.35. The van der Waals surface area contributed by atoms with Crippen molar-refractivity contribution >= 4 is 5.97 Å². The van der Waals surface area contributed by atoms with Crippen LogP contribution in [0, 0.1) is 11.8 Å². The number of rotatable bonds is 4. The number of esters is 1. The van der Waals surface area contributed by atoms with Gasteiger partial charge in [-0.25, -0.2) is 4.79 Å². The Balaban J connectivity index is 1.72. The van der Waals surface area contributed by atoms with E-state index in [4.69, 9.17) is 4.74 Å². The van der Waals surface area contributed by atoms with Crippen LogP contribution in [0.5, 0.6) is 0 Å². The van der Waals surface area contributed by atoms with Crippen LogP contribution in [-0.4, -0.2) is 37.1 Å². The molecule has 2 fully saturated rings. The molecule has 2 aliphatic rings. The predicted molar refractivity (Wildman–Crippen MR) is 72.3 cm³/mol. The van der Waals surface area contributed by atoms with Crippen LogP contribution in [-0.2, 0) is 9.53 Å². The van der Waals surface area contributed by atoms with Gasteiger partial charge in [0.25, 0.3) is 0 Å². The van der Waals surface area contributed by atoms with E-state index in [-0.39, 0.29) is 5.97 Å². The summed E-state index contributed by atoms with van der Waals surface area (Å²) < 4.78 is 4.87. The lowest BCUT2D eigenvalue weighted by molar-refractivity contribution is -0.137. The molecule has 1 aliphatic carbocycles. The molecule has 1 heterocycles. The SMILES string of the molecule is CCOC(=O)/C=C/CN1CCC2CCCCC2C1. The molecule has 2 rings (SSSR count). The molecule has 0 aromatic heterocycles. The van der Waals surface area contributed by atoms with Crippen LogP contribution in [0.4, 0.5) is 0 Å². The second-order valence-corrected chi connectivity index (χ2v) is 5.51. The summed E-state index contributed by atoms with van der Waals surface area (Å²) in [5, 5.41) is 0. The van der Waals surface area contributed by atoms with E-state index in [1.54, 1.807) is 6.08 Å². The Morgan fingerprint density at radius 1 is 1.28 bits per heavy atom. The van der Waals surface area contributed by atoms with Crippen molar-refractivity contribution in [3.05, 3.63) is 12.2 Å². The van der Waals surface area contributed by atoms with Gasteiger partial charge in [0.2, 0.25) is 0 Å². The molecule has 2 atom stereocenters. The summed E-state index contributed by atoms with van der Waals surface area (Å²) in [7, 11) is 0. The Kier molecular flexibility index (Phi) is 5.24. The van der Waals surface area contributed by atoms with E-state index in [1.165, 1.54) is 45.2 Å². The molecule has 1 aliphatic heterocycles. The Morgan fingerprint density at radius 3 is 2.83 bits per heavy atom. The van der Waals surface area contributed by atoms with Crippen molar-refractivity contribution < 1.29 is 9.53 Å². The number of hydrogen-bond donors (Lipinski definition) is 0. The van der Waals surface area contributed by atoms with Gasteiger partial charge in [-0.15, -0.1) is 0 Å². The van der Waals surface area contributed by atoms with E-state index < -0.39 is 0 Å². The smallest absolute Gasteiger partial charge is 0.330 e. The maximum Gasteiger partial charge on any atom is 0.330 e. The van der Waals surface area contributed by atoms with Crippen LogP contribution in [0.15, 0.2) is 12.2 Å². The first kappa shape index (κ1) is 13.6. The van der Waals surface area contributed by atoms with E-state index in [0.29, 0.717) is 6.61 Å². The lowest BCUT2D eigenvalue weighted by Crippen LogP contribution is -2.41. The molecular weight excluding hydrogens is 226 g/mol. The Morgan fingerprint density at radius 2 is 2.06 bits per heavy atom. The predicted octanol–water partition coefficient (Wildman–Crippen LogP) is 2.62. The van der Waals surface area contributed by atoms with Gasteiger partial charge < -0.3 is 4.74 Å². The second-order valence-electron chi connectivity index (χ2n) is 5.51. The molecule has 18 heavy (non-hydrogen) atoms. The van der Waals surface area contributed by atoms with Gasteiger partial charge in [-0.05, 0) is 38.1 Å². The quantitative estimate of drug-likeness (QED) is 0.568. The molecule has 1 saturated carbocycles. The molecule has 102 valence electrons. The zero-order valence-corrected chi connectivity index (χ0v) is 11.4. The van der Waals surface area contributed by atoms with Crippen molar-refractivity contribution in [3.8, 4) is 0 Å². The molecule has 0 bridgehead atoms. The first-order valence-electron chi connectivity index (χ1n) is 7.35. The van der Waals surface area contributed by atoms with Crippen molar-refractivity contribution in [1.82, 2.24) is 4.90 Å². The summed E-state index contributed by atoms with van der Waals surface area (Å²) in [4.78, 5) is 13.7. The molecule has 0 amide bonds. The highest BCUT2D eigenvalue weighted by Crippen LogP contribution is 2.35. The molecule has 0 radical (unpaired) electrons. The van der Waals surface area contributed by atoms with Gasteiger partial charge in [0.15, 0.2) is 0 Å². The van der Waals surface area contributed by atoms with Gasteiger partial charge in [0.05, 0.1) is 6.61 Å². The average Bonchev–Trinajstić information content (AvgIpc) is 2.39. The highest BCUT2D eigenvalue weighted by atomic mass is 16.5. The third-order valence-electron chi connectivity index (χ3n) is 4.28. The zero-order valence-electron chi connectivity index (χ0n) is 11.4. The Bertz CT molecular complexity index is 301. The fourth-order valence-corrected chi connectivity index (χ4v) is 3.33. The van der Waals surface area contributed by atoms with E-state index in [0.717, 1.165) is 18.4 Å². The summed E-state index contributed by atoms with van der Waals surface area (Å²) in [5.41, 5.74) is 0. The third kappa shape index (κ3) is 3.84. The molecule has 1 saturated heterocycles. The summed E-state index contributed by atoms with van der Waals surface area (Å²) in [5.74, 6) is 1.66. The maximum absolute atomic E-state index is 11.2. The molecule has 0 aromatic rings. The highest BCUT2D eigenvalue weighted by molar-refractivity contribution is 5.81. The van der Waals surface area contributed by atoms with Crippen molar-refractivity contribution in [2.75, 3.05) is 26.2 Å². The number of piperidine rings is 1. The first-order chi connectivity index (χ1) is 8.79. The number of ether oxygens (including phenoxy) is 1. The average molecular weight is 251 g/mol. The molecule has 3 nitrogen and oxygen atoms in total. The van der Waals surface area contributed by atoms with Crippen molar-refractivity contribution in [3.63, 3.8) is 0 Å². The molecular formula is C15H25NO2. The molecule has 2 unspecified atom stereocenters. The summed E-state index contributed by atoms with van der Waals surface area (Å²) >= 11 is 0. The minimum Gasteiger partial charge on any atom is -0.463 e. The minimum absolute atomic E-state index is 0.218. The van der Waals surface area contributed by atoms with Gasteiger partial charge in [0.1, 0.15) is 0 Å². The lowest BCUT2D eigenvalue weighted by atomic mass is 9.75. The second kappa shape index (κ2) is 6.93. The largest absolute Gasteiger partial charge is 0.463 e. The van der Waals surface area contributed by atoms with Crippen LogP contribution in [0.2, 0.25) is 0 Å². The van der Waals surface area contributed by atoms with Crippen molar-refractivity contribution in [2.24, 2.45) is 11.8 Å². The van der Waals surface area contributed by atoms with Crippen LogP contribution < -0.4 is 0 Å². The van der Waals surface area contributed by atoms with Gasteiger partial charge in [-0.2, -0.15) is 0 Å². The summed E-state index contributed by atoms with van der Waals surface area (Å²) in [6.45, 7) is 5.59. The summed E-state index contributed by atoms with van der Waals surface area (Å²) in [6, 6.07) is 0. The molecule has 0 aromatic carbocycles.